The largest absolute Gasteiger partial charge is 0.478 e. The van der Waals surface area contributed by atoms with Crippen LogP contribution in [0, 0.1) is 17.2 Å². The molecule has 5 heteroatoms. The molecule has 1 heterocycles. The Morgan fingerprint density at radius 1 is 1.38 bits per heavy atom. The van der Waals surface area contributed by atoms with Crippen molar-refractivity contribution in [3.8, 4) is 11.8 Å². The third-order valence-electron chi connectivity index (χ3n) is 4.96. The molecule has 5 nitrogen and oxygen atoms in total. The molecule has 0 saturated heterocycles. The van der Waals surface area contributed by atoms with Gasteiger partial charge in [0, 0.05) is 12.1 Å². The minimum absolute atomic E-state index is 0.00562. The number of fused-ring (bicyclic) bond motifs is 1. The van der Waals surface area contributed by atoms with Gasteiger partial charge >= 0.3 is 0 Å². The van der Waals surface area contributed by atoms with Crippen molar-refractivity contribution in [1.82, 2.24) is 4.90 Å². The van der Waals surface area contributed by atoms with Gasteiger partial charge in [-0.1, -0.05) is 12.1 Å². The second-order valence-corrected chi connectivity index (χ2v) is 6.77. The molecule has 0 spiro atoms. The molecule has 24 heavy (non-hydrogen) atoms. The summed E-state index contributed by atoms with van der Waals surface area (Å²) in [5.74, 6) is 1.14. The van der Waals surface area contributed by atoms with Crippen molar-refractivity contribution in [2.45, 2.75) is 44.7 Å². The number of carbonyl (C=O) groups is 1. The number of benzene rings is 1. The molecule has 0 unspecified atom stereocenters. The Hall–Kier alpha value is -2.48. The van der Waals surface area contributed by atoms with E-state index in [4.69, 9.17) is 9.15 Å². The zero-order valence-electron chi connectivity index (χ0n) is 13.7. The number of para-hydroxylation sites is 1. The molecule has 0 radical (unpaired) electrons. The van der Waals surface area contributed by atoms with Crippen molar-refractivity contribution in [2.75, 3.05) is 6.61 Å². The fourth-order valence-corrected chi connectivity index (χ4v) is 3.37. The summed E-state index contributed by atoms with van der Waals surface area (Å²) in [5.41, 5.74) is 0.599. The van der Waals surface area contributed by atoms with Crippen LogP contribution in [0.1, 0.15) is 38.4 Å². The predicted octanol–water partition coefficient (Wildman–Crippen LogP) is 3.47. The van der Waals surface area contributed by atoms with E-state index in [2.05, 4.69) is 6.92 Å². The Kier molecular flexibility index (Phi) is 3.68. The van der Waals surface area contributed by atoms with Gasteiger partial charge in [0.15, 0.2) is 12.4 Å². The van der Waals surface area contributed by atoms with Crippen LogP contribution < -0.4 is 4.74 Å². The summed E-state index contributed by atoms with van der Waals surface area (Å²) >= 11 is 0. The zero-order valence-corrected chi connectivity index (χ0v) is 13.7. The van der Waals surface area contributed by atoms with Crippen molar-refractivity contribution >= 4 is 16.9 Å². The molecule has 1 aromatic carbocycles. The molecule has 124 valence electrons. The second kappa shape index (κ2) is 5.86. The number of nitrogens with zero attached hydrogens (tertiary/aromatic N) is 2. The van der Waals surface area contributed by atoms with E-state index in [1.54, 1.807) is 6.07 Å². The van der Waals surface area contributed by atoms with Gasteiger partial charge in [0.2, 0.25) is 5.76 Å². The van der Waals surface area contributed by atoms with E-state index in [1.165, 1.54) is 12.8 Å². The van der Waals surface area contributed by atoms with Gasteiger partial charge in [-0.2, -0.15) is 5.26 Å². The van der Waals surface area contributed by atoms with Crippen molar-refractivity contribution in [3.05, 3.63) is 30.0 Å². The SMILES string of the molecule is C[C@@H](C1CC1)N(C(=O)COc1c(C#N)oc2ccccc12)C1CC1. The second-order valence-electron chi connectivity index (χ2n) is 6.77. The topological polar surface area (TPSA) is 66.5 Å². The lowest BCUT2D eigenvalue weighted by Crippen LogP contribution is -2.44. The van der Waals surface area contributed by atoms with Crippen LogP contribution in [0.4, 0.5) is 0 Å². The van der Waals surface area contributed by atoms with Crippen molar-refractivity contribution in [3.63, 3.8) is 0 Å². The van der Waals surface area contributed by atoms with Gasteiger partial charge in [-0.15, -0.1) is 0 Å². The van der Waals surface area contributed by atoms with Crippen LogP contribution in [0.25, 0.3) is 11.0 Å². The lowest BCUT2D eigenvalue weighted by atomic mass is 10.1. The first kappa shape index (κ1) is 15.1. The Morgan fingerprint density at radius 2 is 2.12 bits per heavy atom. The number of ether oxygens (including phenoxy) is 1. The average molecular weight is 324 g/mol. The highest BCUT2D eigenvalue weighted by molar-refractivity contribution is 5.87. The fourth-order valence-electron chi connectivity index (χ4n) is 3.37. The smallest absolute Gasteiger partial charge is 0.261 e. The maximum Gasteiger partial charge on any atom is 0.261 e. The first-order valence-corrected chi connectivity index (χ1v) is 8.54. The maximum atomic E-state index is 12.7. The van der Waals surface area contributed by atoms with E-state index in [-0.39, 0.29) is 24.3 Å². The van der Waals surface area contributed by atoms with Crippen LogP contribution in [0.2, 0.25) is 0 Å². The standard InChI is InChI=1S/C19H20N2O3/c1-12(13-6-7-13)21(14-8-9-14)18(22)11-23-19-15-4-2-3-5-16(15)24-17(19)10-20/h2-5,12-14H,6-9,11H2,1H3/t12-/m0/s1. The van der Waals surface area contributed by atoms with Crippen LogP contribution in [0.3, 0.4) is 0 Å². The number of hydrogen-bond acceptors (Lipinski definition) is 4. The van der Waals surface area contributed by atoms with Gasteiger partial charge in [-0.3, -0.25) is 4.79 Å². The Morgan fingerprint density at radius 3 is 2.79 bits per heavy atom. The van der Waals surface area contributed by atoms with E-state index < -0.39 is 0 Å². The third kappa shape index (κ3) is 2.73. The summed E-state index contributed by atoms with van der Waals surface area (Å²) in [5, 5.41) is 9.97. The molecule has 1 amide bonds. The Balaban J connectivity index is 1.52. The maximum absolute atomic E-state index is 12.7. The number of hydrogen-bond donors (Lipinski definition) is 0. The molecule has 4 rings (SSSR count). The Bertz CT molecular complexity index is 812. The third-order valence-corrected chi connectivity index (χ3v) is 4.96. The van der Waals surface area contributed by atoms with Crippen molar-refractivity contribution in [2.24, 2.45) is 5.92 Å². The number of rotatable bonds is 6. The molecule has 2 saturated carbocycles. The van der Waals surface area contributed by atoms with Gasteiger partial charge in [0.25, 0.3) is 5.91 Å². The summed E-state index contributed by atoms with van der Waals surface area (Å²) < 4.78 is 11.2. The van der Waals surface area contributed by atoms with Crippen LogP contribution in [0.15, 0.2) is 28.7 Å². The molecule has 1 atom stereocenters. The highest BCUT2D eigenvalue weighted by Crippen LogP contribution is 2.40. The summed E-state index contributed by atoms with van der Waals surface area (Å²) in [4.78, 5) is 14.7. The van der Waals surface area contributed by atoms with Crippen LogP contribution in [-0.2, 0) is 4.79 Å². The lowest BCUT2D eigenvalue weighted by Gasteiger charge is -2.29. The summed E-state index contributed by atoms with van der Waals surface area (Å²) in [7, 11) is 0. The van der Waals surface area contributed by atoms with Crippen LogP contribution >= 0.6 is 0 Å². The lowest BCUT2D eigenvalue weighted by molar-refractivity contribution is -0.136. The summed E-state index contributed by atoms with van der Waals surface area (Å²) in [6.45, 7) is 2.09. The first-order chi connectivity index (χ1) is 11.7. The van der Waals surface area contributed by atoms with Gasteiger partial charge in [0.1, 0.15) is 11.7 Å². The van der Waals surface area contributed by atoms with Crippen LogP contribution in [0.5, 0.6) is 5.75 Å². The summed E-state index contributed by atoms with van der Waals surface area (Å²) in [6.07, 6.45) is 4.59. The summed E-state index contributed by atoms with van der Waals surface area (Å²) in [6, 6.07) is 9.99. The molecular formula is C19H20N2O3. The molecule has 2 aliphatic carbocycles. The molecule has 2 aliphatic rings. The molecule has 2 fully saturated rings. The van der Waals surface area contributed by atoms with Gasteiger partial charge in [-0.25, -0.2) is 0 Å². The highest BCUT2D eigenvalue weighted by Gasteiger charge is 2.41. The van der Waals surface area contributed by atoms with Gasteiger partial charge in [-0.05, 0) is 50.7 Å². The van der Waals surface area contributed by atoms with Gasteiger partial charge < -0.3 is 14.1 Å². The Labute approximate surface area is 140 Å². The average Bonchev–Trinajstić information content (AvgIpc) is 3.49. The minimum Gasteiger partial charge on any atom is -0.478 e. The first-order valence-electron chi connectivity index (χ1n) is 8.54. The molecule has 0 N–H and O–H groups in total. The van der Waals surface area contributed by atoms with E-state index >= 15 is 0 Å². The number of carbonyl (C=O) groups excluding carboxylic acids is 1. The van der Waals surface area contributed by atoms with Crippen molar-refractivity contribution < 1.29 is 13.9 Å². The molecular weight excluding hydrogens is 304 g/mol. The van der Waals surface area contributed by atoms with Crippen molar-refractivity contribution in [1.29, 1.82) is 5.26 Å². The highest BCUT2D eigenvalue weighted by atomic mass is 16.5. The van der Waals surface area contributed by atoms with E-state index in [0.717, 1.165) is 18.2 Å². The van der Waals surface area contributed by atoms with Gasteiger partial charge in [0.05, 0.1) is 5.39 Å². The molecule has 1 aromatic heterocycles. The normalized spacial score (nSPS) is 18.2. The fraction of sp³-hybridized carbons (Fsp3) is 0.474. The number of furan rings is 1. The van der Waals surface area contributed by atoms with E-state index in [1.807, 2.05) is 29.2 Å². The van der Waals surface area contributed by atoms with E-state index in [0.29, 0.717) is 23.3 Å². The predicted molar refractivity (Wildman–Crippen MR) is 88.5 cm³/mol. The quantitative estimate of drug-likeness (QED) is 0.816. The van der Waals surface area contributed by atoms with E-state index in [9.17, 15) is 10.1 Å². The number of amides is 1. The monoisotopic (exact) mass is 324 g/mol. The molecule has 2 aromatic rings. The number of nitriles is 1. The minimum atomic E-state index is -0.0498. The zero-order chi connectivity index (χ0) is 16.7. The molecule has 0 aliphatic heterocycles. The molecule has 0 bridgehead atoms. The van der Waals surface area contributed by atoms with Crippen LogP contribution in [-0.4, -0.2) is 29.5 Å².